The minimum atomic E-state index is -0.978. The molecule has 334 valence electrons. The summed E-state index contributed by atoms with van der Waals surface area (Å²) >= 11 is 0. The van der Waals surface area contributed by atoms with Crippen molar-refractivity contribution in [2.45, 2.75) is 170 Å². The molecule has 1 aromatic rings. The number of aliphatic hydroxyl groups excluding tert-OH is 1. The Balaban J connectivity index is 0.824. The largest absolute Gasteiger partial charge is 0.393 e. The van der Waals surface area contributed by atoms with Crippen LogP contribution in [0.5, 0.6) is 0 Å². The number of hydrogen-bond donors (Lipinski definition) is 4. The third-order valence-corrected chi connectivity index (χ3v) is 19.1. The van der Waals surface area contributed by atoms with Gasteiger partial charge in [0, 0.05) is 25.2 Å². The molecule has 0 aromatic heterocycles. The second kappa shape index (κ2) is 16.2. The number of amides is 5. The molecular formula is C51H74N4O6. The van der Waals surface area contributed by atoms with Crippen molar-refractivity contribution < 1.29 is 29.1 Å². The number of hydrogen-bond acceptors (Lipinski definition) is 7. The van der Waals surface area contributed by atoms with Crippen molar-refractivity contribution in [1.29, 1.82) is 0 Å². The van der Waals surface area contributed by atoms with Gasteiger partial charge in [-0.2, -0.15) is 0 Å². The fourth-order valence-corrected chi connectivity index (χ4v) is 15.1. The summed E-state index contributed by atoms with van der Waals surface area (Å²) in [5, 5.41) is 20.2. The van der Waals surface area contributed by atoms with Crippen molar-refractivity contribution in [3.05, 3.63) is 41.0 Å². The summed E-state index contributed by atoms with van der Waals surface area (Å²) in [6.45, 7) is 18.7. The normalized spacial score (nSPS) is 38.9. The number of unbranched alkanes of at least 4 members (excludes halogenated alkanes) is 5. The molecule has 1 aromatic carbocycles. The van der Waals surface area contributed by atoms with Gasteiger partial charge >= 0.3 is 0 Å². The predicted molar refractivity (Wildman–Crippen MR) is 237 cm³/mol. The summed E-state index contributed by atoms with van der Waals surface area (Å²) in [6.07, 6.45) is 18.5. The second-order valence-corrected chi connectivity index (χ2v) is 22.2. The smallest absolute Gasteiger partial charge is 0.264 e. The molecule has 4 N–H and O–H groups in total. The van der Waals surface area contributed by atoms with Gasteiger partial charge in [0.25, 0.3) is 11.8 Å². The molecule has 4 saturated carbocycles. The van der Waals surface area contributed by atoms with E-state index < -0.39 is 23.8 Å². The molecule has 2 unspecified atom stereocenters. The van der Waals surface area contributed by atoms with Crippen molar-refractivity contribution in [2.75, 3.05) is 18.4 Å². The Bertz CT molecular complexity index is 1980. The Morgan fingerprint density at radius 2 is 1.54 bits per heavy atom. The summed E-state index contributed by atoms with van der Waals surface area (Å²) in [5.74, 6) is 0.788. The molecule has 10 nitrogen and oxygen atoms in total. The molecular weight excluding hydrogens is 765 g/mol. The minimum absolute atomic E-state index is 0.0606. The van der Waals surface area contributed by atoms with Gasteiger partial charge in [-0.25, -0.2) is 0 Å². The zero-order chi connectivity index (χ0) is 43.7. The number of allylic oxidation sites excluding steroid dienone is 2. The van der Waals surface area contributed by atoms with Crippen molar-refractivity contribution in [3.63, 3.8) is 0 Å². The first-order valence-corrected chi connectivity index (χ1v) is 24.2. The number of nitrogens with one attached hydrogen (secondary N) is 3. The molecule has 8 rings (SSSR count). The van der Waals surface area contributed by atoms with Gasteiger partial charge in [0.05, 0.1) is 22.6 Å². The van der Waals surface area contributed by atoms with Crippen LogP contribution in [0.1, 0.15) is 178 Å². The van der Waals surface area contributed by atoms with Crippen molar-refractivity contribution in [3.8, 4) is 0 Å². The van der Waals surface area contributed by atoms with Gasteiger partial charge in [0.2, 0.25) is 17.7 Å². The lowest BCUT2D eigenvalue weighted by Crippen LogP contribution is -2.66. The molecule has 5 aliphatic carbocycles. The van der Waals surface area contributed by atoms with Crippen molar-refractivity contribution in [1.82, 2.24) is 15.5 Å². The highest BCUT2D eigenvalue weighted by molar-refractivity contribution is 6.25. The van der Waals surface area contributed by atoms with E-state index in [1.54, 1.807) is 23.8 Å². The van der Waals surface area contributed by atoms with E-state index in [1.807, 2.05) is 0 Å². The Hall–Kier alpha value is -3.53. The van der Waals surface area contributed by atoms with Crippen LogP contribution in [-0.4, -0.2) is 64.8 Å². The maximum atomic E-state index is 14.6. The van der Waals surface area contributed by atoms with E-state index in [1.165, 1.54) is 12.8 Å². The van der Waals surface area contributed by atoms with Gasteiger partial charge in [0.15, 0.2) is 0 Å². The van der Waals surface area contributed by atoms with Crippen LogP contribution >= 0.6 is 0 Å². The first-order chi connectivity index (χ1) is 28.9. The molecule has 0 radical (unpaired) electrons. The SMILES string of the molecule is C[C@H]1[C@H](C)CC[C@]2(C(=O)NCCCCCCCCNc3cccc4c3C(=O)N(C3CCC(=O)NC3=O)C4=O)CC[C@]3(C)C(=CC[C@@H]4[C@@]5(C)CC[C@H](O)C(C)(C)C5CC[C@]43C)[C@H]12. The Morgan fingerprint density at radius 1 is 0.820 bits per heavy atom. The molecule has 0 spiro atoms. The monoisotopic (exact) mass is 839 g/mol. The van der Waals surface area contributed by atoms with Gasteiger partial charge in [-0.15, -0.1) is 0 Å². The summed E-state index contributed by atoms with van der Waals surface area (Å²) in [5.41, 5.74) is 2.88. The molecule has 5 fully saturated rings. The highest BCUT2D eigenvalue weighted by Gasteiger charge is 2.69. The quantitative estimate of drug-likeness (QED) is 0.0935. The maximum Gasteiger partial charge on any atom is 0.264 e. The summed E-state index contributed by atoms with van der Waals surface area (Å²) in [4.78, 5) is 66.3. The van der Waals surface area contributed by atoms with Gasteiger partial charge in [-0.1, -0.05) is 91.9 Å². The van der Waals surface area contributed by atoms with Gasteiger partial charge in [0.1, 0.15) is 6.04 Å². The molecule has 0 bridgehead atoms. The number of carbonyl (C=O) groups is 5. The fraction of sp³-hybridized carbons (Fsp3) is 0.745. The summed E-state index contributed by atoms with van der Waals surface area (Å²) in [6, 6.07) is 4.18. The number of carbonyl (C=O) groups excluding carboxylic acids is 5. The Kier molecular flexibility index (Phi) is 11.7. The number of fused-ring (bicyclic) bond motifs is 8. The summed E-state index contributed by atoms with van der Waals surface area (Å²) < 4.78 is 0. The Labute approximate surface area is 364 Å². The van der Waals surface area contributed by atoms with E-state index in [9.17, 15) is 29.1 Å². The molecule has 7 aliphatic rings. The van der Waals surface area contributed by atoms with E-state index in [4.69, 9.17) is 0 Å². The van der Waals surface area contributed by atoms with E-state index in [2.05, 4.69) is 70.5 Å². The van der Waals surface area contributed by atoms with Crippen LogP contribution in [0, 0.1) is 56.7 Å². The second-order valence-electron chi connectivity index (χ2n) is 22.2. The highest BCUT2D eigenvalue weighted by Crippen LogP contribution is 2.75. The standard InChI is InChI=1S/C51H74N4O6/c1-31-21-26-51(28-27-49(6)34(42(51)32(31)2)17-19-38-48(5)24-23-39(56)47(3,4)37(48)22-25-50(38,49)7)46(61)53-30-13-11-9-8-10-12-29-52-35-16-14-15-33-41(35)45(60)55(44(33)59)36-18-20-40(57)54-43(36)58/h14-17,31-32,36-39,42,52,56H,8-13,18-30H2,1-7H3,(H,53,61)(H,54,57,58)/t31-,32+,36?,37?,38-,39+,42+,48+,49-,50-,51+/m1/s1. The van der Waals surface area contributed by atoms with Crippen molar-refractivity contribution >= 4 is 35.2 Å². The van der Waals surface area contributed by atoms with Crippen LogP contribution in [0.4, 0.5) is 5.69 Å². The minimum Gasteiger partial charge on any atom is -0.393 e. The molecule has 5 amide bonds. The molecule has 2 aliphatic heterocycles. The molecule has 61 heavy (non-hydrogen) atoms. The number of imide groups is 2. The fourth-order valence-electron chi connectivity index (χ4n) is 15.1. The lowest BCUT2D eigenvalue weighted by atomic mass is 9.33. The number of rotatable bonds is 12. The van der Waals surface area contributed by atoms with Gasteiger partial charge in [-0.05, 0) is 140 Å². The van der Waals surface area contributed by atoms with E-state index in [0.717, 1.165) is 94.9 Å². The van der Waals surface area contributed by atoms with Crippen LogP contribution < -0.4 is 16.0 Å². The van der Waals surface area contributed by atoms with Gasteiger partial charge in [-0.3, -0.25) is 34.2 Å². The highest BCUT2D eigenvalue weighted by atomic mass is 16.3. The average molecular weight is 839 g/mol. The lowest BCUT2D eigenvalue weighted by Gasteiger charge is -2.71. The number of piperidine rings is 1. The van der Waals surface area contributed by atoms with Crippen LogP contribution in [0.15, 0.2) is 29.8 Å². The lowest BCUT2D eigenvalue weighted by molar-refractivity contribution is -0.204. The number of benzene rings is 1. The third-order valence-electron chi connectivity index (χ3n) is 19.1. The number of aliphatic hydroxyl groups is 1. The third kappa shape index (κ3) is 6.93. The Morgan fingerprint density at radius 3 is 2.28 bits per heavy atom. The van der Waals surface area contributed by atoms with Crippen LogP contribution in [0.2, 0.25) is 0 Å². The topological polar surface area (TPSA) is 145 Å². The zero-order valence-electron chi connectivity index (χ0n) is 38.2. The van der Waals surface area contributed by atoms with E-state index >= 15 is 0 Å². The average Bonchev–Trinajstić information content (AvgIpc) is 3.47. The maximum absolute atomic E-state index is 14.6. The number of anilines is 1. The van der Waals surface area contributed by atoms with Crippen LogP contribution in [-0.2, 0) is 14.4 Å². The van der Waals surface area contributed by atoms with E-state index in [0.29, 0.717) is 47.4 Å². The first kappa shape index (κ1) is 44.1. The van der Waals surface area contributed by atoms with E-state index in [-0.39, 0.29) is 63.4 Å². The molecule has 2 heterocycles. The molecule has 1 saturated heterocycles. The van der Waals surface area contributed by atoms with Crippen LogP contribution in [0.25, 0.3) is 0 Å². The predicted octanol–water partition coefficient (Wildman–Crippen LogP) is 8.98. The number of nitrogens with zero attached hydrogens (tertiary/aromatic N) is 1. The van der Waals surface area contributed by atoms with Crippen molar-refractivity contribution in [2.24, 2.45) is 56.7 Å². The molecule has 10 heteroatoms. The van der Waals surface area contributed by atoms with Crippen LogP contribution in [0.3, 0.4) is 0 Å². The first-order valence-electron chi connectivity index (χ1n) is 24.2. The summed E-state index contributed by atoms with van der Waals surface area (Å²) in [7, 11) is 0. The zero-order valence-corrected chi connectivity index (χ0v) is 38.2. The molecule has 11 atom stereocenters. The van der Waals surface area contributed by atoms with Gasteiger partial charge < -0.3 is 15.7 Å².